The Morgan fingerprint density at radius 3 is 2.95 bits per heavy atom. The van der Waals surface area contributed by atoms with Gasteiger partial charge in [-0.1, -0.05) is 13.0 Å². The van der Waals surface area contributed by atoms with Gasteiger partial charge in [0.1, 0.15) is 11.9 Å². The Hall–Kier alpha value is -1.91. The van der Waals surface area contributed by atoms with Crippen LogP contribution in [-0.2, 0) is 16.0 Å². The fourth-order valence-corrected chi connectivity index (χ4v) is 2.48. The molecule has 0 saturated carbocycles. The predicted molar refractivity (Wildman–Crippen MR) is 77.4 cm³/mol. The van der Waals surface area contributed by atoms with Gasteiger partial charge in [-0.05, 0) is 37.8 Å². The van der Waals surface area contributed by atoms with Crippen LogP contribution >= 0.6 is 0 Å². The molecule has 1 N–H and O–H groups in total. The molecule has 2 amide bonds. The largest absolute Gasteiger partial charge is 0.334 e. The zero-order chi connectivity index (χ0) is 14.7. The smallest absolute Gasteiger partial charge is 0.248 e. The molecule has 1 aromatic rings. The third kappa shape index (κ3) is 2.98. The van der Waals surface area contributed by atoms with E-state index in [1.54, 1.807) is 11.9 Å². The fourth-order valence-electron chi connectivity index (χ4n) is 2.48. The number of nitrogens with one attached hydrogen (secondary N) is 1. The number of rotatable bonds is 3. The molecule has 1 saturated heterocycles. The highest BCUT2D eigenvalue weighted by Gasteiger charge is 2.30. The molecule has 1 aliphatic heterocycles. The van der Waals surface area contributed by atoms with Crippen molar-refractivity contribution in [2.45, 2.75) is 45.6 Å². The second-order valence-electron chi connectivity index (χ2n) is 5.22. The monoisotopic (exact) mass is 275 g/mol. The zero-order valence-corrected chi connectivity index (χ0v) is 12.3. The van der Waals surface area contributed by atoms with Gasteiger partial charge in [0.15, 0.2) is 0 Å². The molecule has 0 radical (unpaired) electrons. The van der Waals surface area contributed by atoms with Gasteiger partial charge in [-0.3, -0.25) is 9.59 Å². The van der Waals surface area contributed by atoms with Crippen LogP contribution in [0.25, 0.3) is 0 Å². The van der Waals surface area contributed by atoms with Crippen LogP contribution < -0.4 is 5.32 Å². The van der Waals surface area contributed by atoms with Crippen LogP contribution in [0.1, 0.15) is 37.4 Å². The van der Waals surface area contributed by atoms with Gasteiger partial charge in [-0.2, -0.15) is 0 Å². The summed E-state index contributed by atoms with van der Waals surface area (Å²) >= 11 is 0. The van der Waals surface area contributed by atoms with Crippen LogP contribution in [0.4, 0.5) is 5.82 Å². The van der Waals surface area contributed by atoms with Crippen LogP contribution in [0.15, 0.2) is 12.1 Å². The number of nitrogens with zero attached hydrogens (tertiary/aromatic N) is 2. The molecule has 5 nitrogen and oxygen atoms in total. The molecule has 1 aliphatic rings. The van der Waals surface area contributed by atoms with E-state index >= 15 is 0 Å². The Balaban J connectivity index is 2.15. The molecule has 1 fully saturated rings. The molecule has 20 heavy (non-hydrogen) atoms. The first-order valence-corrected chi connectivity index (χ1v) is 7.06. The van der Waals surface area contributed by atoms with Crippen molar-refractivity contribution in [1.82, 2.24) is 9.88 Å². The number of hydrogen-bond donors (Lipinski definition) is 1. The molecule has 0 spiro atoms. The molecular formula is C15H21N3O2. The number of aromatic nitrogens is 1. The van der Waals surface area contributed by atoms with Gasteiger partial charge in [-0.15, -0.1) is 0 Å². The standard InChI is InChI=1S/C15H21N3O2/c1-4-11-9-8-10(2)16-14(11)17-15(20)12-6-5-7-13(19)18(12)3/h8-9,12H,4-7H2,1-3H3,(H,16,17,20). The summed E-state index contributed by atoms with van der Waals surface area (Å²) in [6, 6.07) is 3.53. The maximum Gasteiger partial charge on any atom is 0.248 e. The average molecular weight is 275 g/mol. The summed E-state index contributed by atoms with van der Waals surface area (Å²) in [6.07, 6.45) is 2.82. The summed E-state index contributed by atoms with van der Waals surface area (Å²) < 4.78 is 0. The Labute approximate surface area is 119 Å². The van der Waals surface area contributed by atoms with Crippen LogP contribution in [0.3, 0.4) is 0 Å². The number of carbonyl (C=O) groups excluding carboxylic acids is 2. The Morgan fingerprint density at radius 1 is 1.50 bits per heavy atom. The third-order valence-electron chi connectivity index (χ3n) is 3.77. The lowest BCUT2D eigenvalue weighted by Gasteiger charge is -2.31. The molecule has 0 bridgehead atoms. The SMILES string of the molecule is CCc1ccc(C)nc1NC(=O)C1CCCC(=O)N1C. The van der Waals surface area contributed by atoms with E-state index in [0.29, 0.717) is 18.7 Å². The van der Waals surface area contributed by atoms with Crippen molar-refractivity contribution in [3.05, 3.63) is 23.4 Å². The molecule has 0 aromatic carbocycles. The minimum atomic E-state index is -0.386. The molecule has 2 rings (SSSR count). The Morgan fingerprint density at radius 2 is 2.25 bits per heavy atom. The summed E-state index contributed by atoms with van der Waals surface area (Å²) in [5, 5.41) is 2.88. The van der Waals surface area contributed by atoms with Gasteiger partial charge in [-0.25, -0.2) is 4.98 Å². The van der Waals surface area contributed by atoms with Gasteiger partial charge >= 0.3 is 0 Å². The zero-order valence-electron chi connectivity index (χ0n) is 12.3. The van der Waals surface area contributed by atoms with Crippen LogP contribution in [0.5, 0.6) is 0 Å². The molecule has 108 valence electrons. The average Bonchev–Trinajstić information content (AvgIpc) is 2.42. The topological polar surface area (TPSA) is 62.3 Å². The number of amides is 2. The third-order valence-corrected chi connectivity index (χ3v) is 3.77. The number of likely N-dealkylation sites (N-methyl/N-ethyl adjacent to an activating group) is 1. The normalized spacial score (nSPS) is 19.1. The highest BCUT2D eigenvalue weighted by molar-refractivity contribution is 5.97. The summed E-state index contributed by atoms with van der Waals surface area (Å²) in [7, 11) is 1.69. The van der Waals surface area contributed by atoms with Crippen LogP contribution in [0, 0.1) is 6.92 Å². The first kappa shape index (κ1) is 14.5. The van der Waals surface area contributed by atoms with E-state index < -0.39 is 0 Å². The molecular weight excluding hydrogens is 254 g/mol. The Bertz CT molecular complexity index is 528. The maximum absolute atomic E-state index is 12.4. The van der Waals surface area contributed by atoms with E-state index in [0.717, 1.165) is 24.1 Å². The number of carbonyl (C=O) groups is 2. The van der Waals surface area contributed by atoms with Crippen molar-refractivity contribution < 1.29 is 9.59 Å². The van der Waals surface area contributed by atoms with Crippen LogP contribution in [-0.4, -0.2) is 34.8 Å². The summed E-state index contributed by atoms with van der Waals surface area (Å²) in [6.45, 7) is 3.92. The number of aryl methyl sites for hydroxylation is 2. The van der Waals surface area contributed by atoms with Crippen LogP contribution in [0.2, 0.25) is 0 Å². The van der Waals surface area contributed by atoms with E-state index in [-0.39, 0.29) is 17.9 Å². The second kappa shape index (κ2) is 6.03. The van der Waals surface area contributed by atoms with Crippen molar-refractivity contribution in [3.8, 4) is 0 Å². The lowest BCUT2D eigenvalue weighted by Crippen LogP contribution is -2.47. The van der Waals surface area contributed by atoms with Gasteiger partial charge in [0.05, 0.1) is 0 Å². The fraction of sp³-hybridized carbons (Fsp3) is 0.533. The van der Waals surface area contributed by atoms with Gasteiger partial charge < -0.3 is 10.2 Å². The second-order valence-corrected chi connectivity index (χ2v) is 5.22. The van der Waals surface area contributed by atoms with Crippen molar-refractivity contribution >= 4 is 17.6 Å². The molecule has 5 heteroatoms. The first-order valence-electron chi connectivity index (χ1n) is 7.06. The molecule has 2 heterocycles. The van der Waals surface area contributed by atoms with Gasteiger partial charge in [0.25, 0.3) is 0 Å². The minimum Gasteiger partial charge on any atom is -0.334 e. The molecule has 1 unspecified atom stereocenters. The quantitative estimate of drug-likeness (QED) is 0.916. The van der Waals surface area contributed by atoms with E-state index in [9.17, 15) is 9.59 Å². The molecule has 1 aromatic heterocycles. The van der Waals surface area contributed by atoms with E-state index in [4.69, 9.17) is 0 Å². The number of hydrogen-bond acceptors (Lipinski definition) is 3. The summed E-state index contributed by atoms with van der Waals surface area (Å²) in [4.78, 5) is 30.0. The Kier molecular flexibility index (Phi) is 4.37. The highest BCUT2D eigenvalue weighted by Crippen LogP contribution is 2.19. The lowest BCUT2D eigenvalue weighted by molar-refractivity contribution is -0.140. The number of pyridine rings is 1. The number of anilines is 1. The lowest BCUT2D eigenvalue weighted by atomic mass is 10.0. The minimum absolute atomic E-state index is 0.0318. The number of likely N-dealkylation sites (tertiary alicyclic amines) is 1. The highest BCUT2D eigenvalue weighted by atomic mass is 16.2. The van der Waals surface area contributed by atoms with Gasteiger partial charge in [0.2, 0.25) is 11.8 Å². The van der Waals surface area contributed by atoms with Crippen molar-refractivity contribution in [2.24, 2.45) is 0 Å². The van der Waals surface area contributed by atoms with E-state index in [1.807, 2.05) is 26.0 Å². The first-order chi connectivity index (χ1) is 9.52. The van der Waals surface area contributed by atoms with E-state index in [2.05, 4.69) is 10.3 Å². The number of piperidine rings is 1. The summed E-state index contributed by atoms with van der Waals surface area (Å²) in [5.41, 5.74) is 1.87. The molecule has 0 aliphatic carbocycles. The van der Waals surface area contributed by atoms with E-state index in [1.165, 1.54) is 0 Å². The van der Waals surface area contributed by atoms with Crippen molar-refractivity contribution in [3.63, 3.8) is 0 Å². The van der Waals surface area contributed by atoms with Crippen molar-refractivity contribution in [1.29, 1.82) is 0 Å². The van der Waals surface area contributed by atoms with Crippen molar-refractivity contribution in [2.75, 3.05) is 12.4 Å². The summed E-state index contributed by atoms with van der Waals surface area (Å²) in [5.74, 6) is 0.501. The molecule has 1 atom stereocenters. The maximum atomic E-state index is 12.4. The predicted octanol–water partition coefficient (Wildman–Crippen LogP) is 1.90. The van der Waals surface area contributed by atoms with Gasteiger partial charge in [0, 0.05) is 19.2 Å².